The van der Waals surface area contributed by atoms with E-state index in [0.717, 1.165) is 20.5 Å². The zero-order valence-corrected chi connectivity index (χ0v) is 13.7. The van der Waals surface area contributed by atoms with E-state index >= 15 is 0 Å². The van der Waals surface area contributed by atoms with Crippen molar-refractivity contribution >= 4 is 40.2 Å². The Morgan fingerprint density at radius 3 is 2.67 bits per heavy atom. The summed E-state index contributed by atoms with van der Waals surface area (Å²) in [6, 6.07) is 4.86. The van der Waals surface area contributed by atoms with Crippen LogP contribution >= 0.6 is 22.6 Å². The van der Waals surface area contributed by atoms with Gasteiger partial charge in [0, 0.05) is 14.8 Å². The quantitative estimate of drug-likeness (QED) is 0.689. The lowest BCUT2D eigenvalue weighted by Crippen LogP contribution is -2.17. The Labute approximate surface area is 135 Å². The predicted octanol–water partition coefficient (Wildman–Crippen LogP) is 2.51. The van der Waals surface area contributed by atoms with E-state index in [0.29, 0.717) is 5.69 Å². The Morgan fingerprint density at radius 2 is 2.10 bits per heavy atom. The number of carboxylic acid groups (broad SMARTS) is 1. The predicted molar refractivity (Wildman–Crippen MR) is 86.5 cm³/mol. The number of aromatic amines is 1. The Bertz CT molecular complexity index is 690. The molecule has 0 aliphatic heterocycles. The third-order valence-electron chi connectivity index (χ3n) is 3.10. The number of halogens is 1. The van der Waals surface area contributed by atoms with Crippen molar-refractivity contribution in [1.82, 2.24) is 10.2 Å². The van der Waals surface area contributed by atoms with Crippen molar-refractivity contribution in [1.29, 1.82) is 0 Å². The first-order valence-corrected chi connectivity index (χ1v) is 7.29. The Morgan fingerprint density at radius 1 is 1.38 bits per heavy atom. The van der Waals surface area contributed by atoms with Crippen LogP contribution in [0.2, 0.25) is 0 Å². The van der Waals surface area contributed by atoms with Gasteiger partial charge in [-0.25, -0.2) is 4.79 Å². The van der Waals surface area contributed by atoms with E-state index in [1.54, 1.807) is 12.1 Å². The van der Waals surface area contributed by atoms with E-state index in [2.05, 4.69) is 15.5 Å². The fourth-order valence-electron chi connectivity index (χ4n) is 1.99. The number of anilines is 1. The van der Waals surface area contributed by atoms with Crippen molar-refractivity contribution in [3.63, 3.8) is 0 Å². The molecule has 1 aromatic heterocycles. The highest BCUT2D eigenvalue weighted by Crippen LogP contribution is 2.20. The lowest BCUT2D eigenvalue weighted by molar-refractivity contribution is -0.115. The number of aromatic carboxylic acids is 1. The summed E-state index contributed by atoms with van der Waals surface area (Å²) in [4.78, 5) is 23.3. The fraction of sp³-hybridized carbons (Fsp3) is 0.214. The van der Waals surface area contributed by atoms with Crippen LogP contribution in [0.4, 0.5) is 5.69 Å². The summed E-state index contributed by atoms with van der Waals surface area (Å²) in [5.74, 6) is -1.34. The molecule has 1 amide bonds. The number of amides is 1. The Hall–Kier alpha value is -1.90. The molecule has 0 unspecified atom stereocenters. The molecule has 21 heavy (non-hydrogen) atoms. The van der Waals surface area contributed by atoms with Gasteiger partial charge in [-0.3, -0.25) is 9.89 Å². The zero-order chi connectivity index (χ0) is 15.6. The second-order valence-electron chi connectivity index (χ2n) is 4.63. The van der Waals surface area contributed by atoms with Gasteiger partial charge in [0.05, 0.1) is 23.4 Å². The van der Waals surface area contributed by atoms with Gasteiger partial charge in [-0.05, 0) is 54.6 Å². The molecule has 0 radical (unpaired) electrons. The third-order valence-corrected chi connectivity index (χ3v) is 3.78. The second-order valence-corrected chi connectivity index (χ2v) is 5.88. The number of carbonyl (C=O) groups is 2. The summed E-state index contributed by atoms with van der Waals surface area (Å²) in [5.41, 5.74) is 2.81. The number of aryl methyl sites for hydroxylation is 2. The van der Waals surface area contributed by atoms with Crippen molar-refractivity contribution in [3.8, 4) is 0 Å². The van der Waals surface area contributed by atoms with Crippen LogP contribution in [0, 0.1) is 17.4 Å². The number of benzene rings is 1. The average Bonchev–Trinajstić information content (AvgIpc) is 2.72. The van der Waals surface area contributed by atoms with Crippen LogP contribution in [-0.2, 0) is 11.2 Å². The van der Waals surface area contributed by atoms with Crippen molar-refractivity contribution in [2.24, 2.45) is 0 Å². The molecule has 1 aromatic carbocycles. The summed E-state index contributed by atoms with van der Waals surface area (Å²) in [7, 11) is 0. The largest absolute Gasteiger partial charge is 0.478 e. The molecule has 110 valence electrons. The molecular weight excluding hydrogens is 385 g/mol. The van der Waals surface area contributed by atoms with Crippen molar-refractivity contribution in [2.45, 2.75) is 20.3 Å². The van der Waals surface area contributed by atoms with Gasteiger partial charge in [0.1, 0.15) is 0 Å². The monoisotopic (exact) mass is 399 g/mol. The second kappa shape index (κ2) is 6.25. The summed E-state index contributed by atoms with van der Waals surface area (Å²) >= 11 is 2.03. The van der Waals surface area contributed by atoms with Crippen LogP contribution in [-0.4, -0.2) is 27.2 Å². The SMILES string of the molecule is Cc1n[nH]c(C)c1CC(=O)Nc1ccc(I)cc1C(=O)O. The Balaban J connectivity index is 2.19. The van der Waals surface area contributed by atoms with E-state index in [4.69, 9.17) is 0 Å². The molecule has 0 atom stereocenters. The molecule has 0 saturated carbocycles. The lowest BCUT2D eigenvalue weighted by atomic mass is 10.1. The number of carboxylic acids is 1. The standard InChI is InChI=1S/C14H14IN3O3/c1-7-10(8(2)18-17-7)6-13(19)16-12-4-3-9(15)5-11(12)14(20)21/h3-5H,6H2,1-2H3,(H,16,19)(H,17,18)(H,20,21). The van der Waals surface area contributed by atoms with Crippen molar-refractivity contribution in [3.05, 3.63) is 44.3 Å². The van der Waals surface area contributed by atoms with E-state index in [1.165, 1.54) is 6.07 Å². The summed E-state index contributed by atoms with van der Waals surface area (Å²) < 4.78 is 0.796. The molecule has 3 N–H and O–H groups in total. The number of hydrogen-bond donors (Lipinski definition) is 3. The molecule has 2 rings (SSSR count). The first kappa shape index (κ1) is 15.5. The number of aromatic nitrogens is 2. The minimum atomic E-state index is -1.07. The number of H-pyrrole nitrogens is 1. The molecule has 1 heterocycles. The highest BCUT2D eigenvalue weighted by molar-refractivity contribution is 14.1. The molecule has 2 aromatic rings. The molecule has 6 nitrogen and oxygen atoms in total. The number of nitrogens with one attached hydrogen (secondary N) is 2. The van der Waals surface area contributed by atoms with Gasteiger partial charge in [0.15, 0.2) is 0 Å². The molecule has 0 saturated heterocycles. The first-order chi connectivity index (χ1) is 9.88. The van der Waals surface area contributed by atoms with E-state index < -0.39 is 5.97 Å². The van der Waals surface area contributed by atoms with Gasteiger partial charge in [0.2, 0.25) is 5.91 Å². The smallest absolute Gasteiger partial charge is 0.337 e. The molecular formula is C14H14IN3O3. The molecule has 0 fully saturated rings. The van der Waals surface area contributed by atoms with Gasteiger partial charge in [-0.2, -0.15) is 5.10 Å². The zero-order valence-electron chi connectivity index (χ0n) is 11.5. The summed E-state index contributed by atoms with van der Waals surface area (Å²) in [5, 5.41) is 18.7. The maximum absolute atomic E-state index is 12.1. The molecule has 0 aliphatic rings. The molecule has 0 spiro atoms. The van der Waals surface area contributed by atoms with Crippen molar-refractivity contribution < 1.29 is 14.7 Å². The highest BCUT2D eigenvalue weighted by Gasteiger charge is 2.15. The minimum absolute atomic E-state index is 0.0795. The van der Waals surface area contributed by atoms with Crippen LogP contribution in [0.1, 0.15) is 27.3 Å². The van der Waals surface area contributed by atoms with Gasteiger partial charge in [-0.15, -0.1) is 0 Å². The number of hydrogen-bond acceptors (Lipinski definition) is 3. The van der Waals surface area contributed by atoms with Crippen LogP contribution in [0.15, 0.2) is 18.2 Å². The summed E-state index contributed by atoms with van der Waals surface area (Å²) in [6.07, 6.45) is 0.152. The number of carbonyl (C=O) groups excluding carboxylic acids is 1. The fourth-order valence-corrected chi connectivity index (χ4v) is 2.48. The number of rotatable bonds is 4. The van der Waals surface area contributed by atoms with Crippen LogP contribution in [0.5, 0.6) is 0 Å². The normalized spacial score (nSPS) is 10.4. The van der Waals surface area contributed by atoms with Crippen LogP contribution in [0.3, 0.4) is 0 Å². The van der Waals surface area contributed by atoms with Gasteiger partial charge >= 0.3 is 5.97 Å². The van der Waals surface area contributed by atoms with E-state index in [-0.39, 0.29) is 17.9 Å². The van der Waals surface area contributed by atoms with Gasteiger partial charge in [0.25, 0.3) is 0 Å². The van der Waals surface area contributed by atoms with Crippen LogP contribution in [0.25, 0.3) is 0 Å². The lowest BCUT2D eigenvalue weighted by Gasteiger charge is -2.09. The average molecular weight is 399 g/mol. The maximum atomic E-state index is 12.1. The minimum Gasteiger partial charge on any atom is -0.478 e. The van der Waals surface area contributed by atoms with E-state index in [9.17, 15) is 14.7 Å². The summed E-state index contributed by atoms with van der Waals surface area (Å²) in [6.45, 7) is 3.66. The van der Waals surface area contributed by atoms with Gasteiger partial charge < -0.3 is 10.4 Å². The molecule has 7 heteroatoms. The topological polar surface area (TPSA) is 95.1 Å². The third kappa shape index (κ3) is 3.60. The van der Waals surface area contributed by atoms with E-state index in [1.807, 2.05) is 36.4 Å². The highest BCUT2D eigenvalue weighted by atomic mass is 127. The molecule has 0 bridgehead atoms. The maximum Gasteiger partial charge on any atom is 0.337 e. The van der Waals surface area contributed by atoms with Gasteiger partial charge in [-0.1, -0.05) is 0 Å². The first-order valence-electron chi connectivity index (χ1n) is 6.21. The van der Waals surface area contributed by atoms with Crippen molar-refractivity contribution in [2.75, 3.05) is 5.32 Å². The molecule has 0 aliphatic carbocycles. The van der Waals surface area contributed by atoms with Crippen LogP contribution < -0.4 is 5.32 Å². The number of nitrogens with zero attached hydrogens (tertiary/aromatic N) is 1. The Kier molecular flexibility index (Phi) is 4.61.